The molecule has 0 bridgehead atoms. The molecule has 22 heteroatoms. The number of benzene rings is 2. The molecule has 0 fully saturated rings. The van der Waals surface area contributed by atoms with Crippen LogP contribution in [0, 0.1) is 13.8 Å². The van der Waals surface area contributed by atoms with Crippen molar-refractivity contribution in [1.82, 2.24) is 29.9 Å². The van der Waals surface area contributed by atoms with E-state index in [0.717, 1.165) is 22.3 Å². The number of anilines is 2. The zero-order valence-electron chi connectivity index (χ0n) is 43.4. The molecule has 6 rings (SSSR count). The number of hydrogen-bond donors (Lipinski definition) is 3. The lowest BCUT2D eigenvalue weighted by atomic mass is 9.86. The summed E-state index contributed by atoms with van der Waals surface area (Å²) in [6, 6.07) is 12.1. The first-order chi connectivity index (χ1) is 34.0. The summed E-state index contributed by atoms with van der Waals surface area (Å²) in [5.74, 6) is 0.600. The lowest BCUT2D eigenvalue weighted by Gasteiger charge is -2.20. The summed E-state index contributed by atoms with van der Waals surface area (Å²) in [6.07, 6.45) is 0. The Hall–Kier alpha value is -6.88. The molecule has 0 aliphatic heterocycles. The topological polar surface area (TPSA) is 239 Å². The molecule has 72 heavy (non-hydrogen) atoms. The number of carbonyl (C=O) groups excluding carboxylic acids is 2. The van der Waals surface area contributed by atoms with Crippen molar-refractivity contribution in [3.8, 4) is 57.4 Å². The molecule has 0 saturated heterocycles. The highest BCUT2D eigenvalue weighted by molar-refractivity contribution is 7.12. The van der Waals surface area contributed by atoms with Gasteiger partial charge in [0.25, 0.3) is 22.2 Å². The standard InChI is InChI=1S/C27H36N4O6S.C23H28N4O6S/c1-16-10-11-17(26(2,3)4)14-19(16)37-25-28-18(15-38-25)21(32)29-20-22(33-8)30-24(31-23(20)34-9)35-12-13-36-27(5,6)7;1-13-7-8-14(23(2,3)4)11-16(13)33-22-24-15(12-34-22)18(29)25-17-19(30-5)26-21(32-10-9-28)27-20(17)31-6/h10-11,14-15H,12-13H2,1-9H3,(H,29,32);7-8,11-12,28H,9-10H2,1-6H3,(H,25,29). The van der Waals surface area contributed by atoms with Gasteiger partial charge >= 0.3 is 12.0 Å². The van der Waals surface area contributed by atoms with Gasteiger partial charge in [-0.15, -0.1) is 0 Å². The van der Waals surface area contributed by atoms with Crippen molar-refractivity contribution in [1.29, 1.82) is 0 Å². The number of rotatable bonds is 19. The summed E-state index contributed by atoms with van der Waals surface area (Å²) in [4.78, 5) is 51.2. The third kappa shape index (κ3) is 15.6. The fraction of sp³-hybridized carbons (Fsp3) is 0.440. The van der Waals surface area contributed by atoms with E-state index in [2.05, 4.69) is 94.2 Å². The first kappa shape index (κ1) is 56.0. The highest BCUT2D eigenvalue weighted by Crippen LogP contribution is 2.38. The molecule has 0 spiro atoms. The van der Waals surface area contributed by atoms with E-state index >= 15 is 0 Å². The molecule has 0 saturated carbocycles. The number of nitrogens with zero attached hydrogens (tertiary/aromatic N) is 6. The second-order valence-corrected chi connectivity index (χ2v) is 20.4. The molecule has 0 radical (unpaired) electrons. The average molecular weight is 1030 g/mol. The number of methoxy groups -OCH3 is 4. The van der Waals surface area contributed by atoms with E-state index in [9.17, 15) is 9.59 Å². The third-order valence-corrected chi connectivity index (χ3v) is 11.4. The second kappa shape index (κ2) is 24.5. The summed E-state index contributed by atoms with van der Waals surface area (Å²) in [7, 11) is 5.62. The van der Waals surface area contributed by atoms with Gasteiger partial charge < -0.3 is 58.4 Å². The summed E-state index contributed by atoms with van der Waals surface area (Å²) < 4.78 is 49.7. The maximum atomic E-state index is 13.0. The van der Waals surface area contributed by atoms with Gasteiger partial charge in [-0.2, -0.15) is 29.9 Å². The predicted octanol–water partition coefficient (Wildman–Crippen LogP) is 9.77. The second-order valence-electron chi connectivity index (χ2n) is 18.8. The van der Waals surface area contributed by atoms with Crippen LogP contribution in [0.1, 0.15) is 106 Å². The maximum Gasteiger partial charge on any atom is 0.323 e. The van der Waals surface area contributed by atoms with Crippen molar-refractivity contribution in [2.45, 2.75) is 92.6 Å². The molecule has 0 unspecified atom stereocenters. The molecule has 0 aliphatic rings. The number of nitrogens with one attached hydrogen (secondary N) is 2. The van der Waals surface area contributed by atoms with Crippen molar-refractivity contribution in [3.05, 3.63) is 80.8 Å². The molecule has 20 nitrogen and oxygen atoms in total. The van der Waals surface area contributed by atoms with Crippen molar-refractivity contribution in [2.75, 3.05) is 65.5 Å². The molecule has 4 heterocycles. The number of ether oxygens (including phenoxy) is 9. The molecular formula is C50H64N8O12S2. The Labute approximate surface area is 427 Å². The summed E-state index contributed by atoms with van der Waals surface area (Å²) >= 11 is 2.43. The summed E-state index contributed by atoms with van der Waals surface area (Å²) in [5.41, 5.74) is 4.45. The fourth-order valence-electron chi connectivity index (χ4n) is 6.07. The van der Waals surface area contributed by atoms with Crippen LogP contribution in [0.25, 0.3) is 0 Å². The van der Waals surface area contributed by atoms with E-state index in [1.165, 1.54) is 51.1 Å². The molecule has 2 amide bonds. The number of amides is 2. The van der Waals surface area contributed by atoms with E-state index in [4.69, 9.17) is 47.7 Å². The number of aliphatic hydroxyl groups excluding tert-OH is 1. The van der Waals surface area contributed by atoms with Crippen LogP contribution in [-0.2, 0) is 15.6 Å². The molecule has 388 valence electrons. The third-order valence-electron chi connectivity index (χ3n) is 10.0. The number of aliphatic hydroxyl groups is 1. The summed E-state index contributed by atoms with van der Waals surface area (Å²) in [6.45, 7) is 23.0. The molecule has 6 aromatic rings. The SMILES string of the molecule is COc1nc(OCCO)nc(OC)c1NC(=O)c1csc(Oc2cc(C(C)(C)C)ccc2C)n1.COc1nc(OCCOC(C)(C)C)nc(OC)c1NC(=O)c1csc(Oc2cc(C(C)(C)C)ccc2C)n1. The largest absolute Gasteiger partial charge is 0.479 e. The molecule has 3 N–H and O–H groups in total. The maximum absolute atomic E-state index is 13.0. The smallest absolute Gasteiger partial charge is 0.323 e. The normalized spacial score (nSPS) is 11.4. The van der Waals surface area contributed by atoms with Crippen LogP contribution < -0.4 is 48.5 Å². The van der Waals surface area contributed by atoms with Gasteiger partial charge in [0.1, 0.15) is 36.1 Å². The minimum absolute atomic E-state index is 0.00223. The first-order valence-electron chi connectivity index (χ1n) is 22.6. The van der Waals surface area contributed by atoms with Crippen LogP contribution in [0.5, 0.6) is 57.4 Å². The van der Waals surface area contributed by atoms with Crippen molar-refractivity contribution < 1.29 is 57.3 Å². The van der Waals surface area contributed by atoms with Crippen LogP contribution in [0.15, 0.2) is 47.2 Å². The van der Waals surface area contributed by atoms with Crippen molar-refractivity contribution in [3.63, 3.8) is 0 Å². The first-order valence-corrected chi connectivity index (χ1v) is 24.3. The molecule has 0 atom stereocenters. The fourth-order valence-corrected chi connectivity index (χ4v) is 7.39. The van der Waals surface area contributed by atoms with E-state index in [-0.39, 0.29) is 94.6 Å². The highest BCUT2D eigenvalue weighted by Gasteiger charge is 2.25. The number of aryl methyl sites for hydroxylation is 2. The van der Waals surface area contributed by atoms with Crippen LogP contribution in [0.4, 0.5) is 11.4 Å². The summed E-state index contributed by atoms with van der Waals surface area (Å²) in [5, 5.41) is 18.2. The molecule has 2 aromatic carbocycles. The zero-order chi connectivity index (χ0) is 53.0. The van der Waals surface area contributed by atoms with Gasteiger partial charge in [-0.25, -0.2) is 0 Å². The van der Waals surface area contributed by atoms with Crippen molar-refractivity contribution in [2.24, 2.45) is 0 Å². The van der Waals surface area contributed by atoms with Gasteiger partial charge in [-0.05, 0) is 79.8 Å². The van der Waals surface area contributed by atoms with Crippen LogP contribution in [0.2, 0.25) is 0 Å². The minimum atomic E-state index is -0.518. The van der Waals surface area contributed by atoms with Crippen molar-refractivity contribution >= 4 is 45.9 Å². The van der Waals surface area contributed by atoms with E-state index in [1.54, 1.807) is 10.8 Å². The van der Waals surface area contributed by atoms with Crippen LogP contribution in [0.3, 0.4) is 0 Å². The minimum Gasteiger partial charge on any atom is -0.479 e. The van der Waals surface area contributed by atoms with Gasteiger partial charge in [0.2, 0.25) is 23.5 Å². The van der Waals surface area contributed by atoms with Gasteiger partial charge in [0.05, 0.1) is 47.3 Å². The van der Waals surface area contributed by atoms with Gasteiger partial charge in [0, 0.05) is 10.8 Å². The average Bonchev–Trinajstić information content (AvgIpc) is 4.01. The highest BCUT2D eigenvalue weighted by atomic mass is 32.1. The lowest BCUT2D eigenvalue weighted by Crippen LogP contribution is -2.23. The Morgan fingerprint density at radius 3 is 1.26 bits per heavy atom. The number of aromatic nitrogens is 6. The monoisotopic (exact) mass is 1030 g/mol. The number of carbonyl (C=O) groups is 2. The van der Waals surface area contributed by atoms with Gasteiger partial charge in [0.15, 0.2) is 11.4 Å². The molecule has 0 aliphatic carbocycles. The number of thiazole rings is 2. The molecular weight excluding hydrogens is 969 g/mol. The van der Waals surface area contributed by atoms with E-state index < -0.39 is 11.8 Å². The Morgan fingerprint density at radius 1 is 0.556 bits per heavy atom. The number of hydrogen-bond acceptors (Lipinski definition) is 20. The zero-order valence-corrected chi connectivity index (χ0v) is 45.0. The van der Waals surface area contributed by atoms with Gasteiger partial charge in [-0.3, -0.25) is 9.59 Å². The quantitative estimate of drug-likeness (QED) is 0.0640. The Morgan fingerprint density at radius 2 is 0.931 bits per heavy atom. The molecule has 4 aromatic heterocycles. The van der Waals surface area contributed by atoms with Crippen LogP contribution in [-0.4, -0.2) is 107 Å². The Kier molecular flexibility index (Phi) is 19.1. The Balaban J connectivity index is 0.000000269. The Bertz CT molecular complexity index is 2750. The van der Waals surface area contributed by atoms with Gasteiger partial charge in [-0.1, -0.05) is 88.5 Å². The van der Waals surface area contributed by atoms with E-state index in [0.29, 0.717) is 28.5 Å². The predicted molar refractivity (Wildman–Crippen MR) is 274 cm³/mol. The van der Waals surface area contributed by atoms with E-state index in [1.807, 2.05) is 58.9 Å². The lowest BCUT2D eigenvalue weighted by molar-refractivity contribution is -0.0174. The van der Waals surface area contributed by atoms with Crippen LogP contribution >= 0.6 is 22.7 Å².